The van der Waals surface area contributed by atoms with Crippen LogP contribution in [0.25, 0.3) is 0 Å². The predicted octanol–water partition coefficient (Wildman–Crippen LogP) is 3.62. The van der Waals surface area contributed by atoms with E-state index in [1.165, 1.54) is 7.11 Å². The summed E-state index contributed by atoms with van der Waals surface area (Å²) in [6, 6.07) is 14.3. The molecule has 0 spiro atoms. The van der Waals surface area contributed by atoms with Crippen LogP contribution in [0.1, 0.15) is 31.4 Å². The van der Waals surface area contributed by atoms with Crippen molar-refractivity contribution in [2.45, 2.75) is 30.7 Å². The van der Waals surface area contributed by atoms with Gasteiger partial charge in [0, 0.05) is 6.54 Å². The molecule has 1 unspecified atom stereocenters. The fourth-order valence-electron chi connectivity index (χ4n) is 3.27. The zero-order valence-electron chi connectivity index (χ0n) is 14.5. The number of hydrogen-bond donors (Lipinski definition) is 0. The highest BCUT2D eigenvalue weighted by Gasteiger charge is 2.37. The number of nitrogens with zero attached hydrogens (tertiary/aromatic N) is 1. The SMILES string of the molecule is CCOc1ccc(C2CCCN2S(=O)(=O)c2ccccc2OC)cc1. The van der Waals surface area contributed by atoms with Gasteiger partial charge in [0.1, 0.15) is 16.4 Å². The van der Waals surface area contributed by atoms with E-state index in [1.54, 1.807) is 28.6 Å². The van der Waals surface area contributed by atoms with E-state index >= 15 is 0 Å². The van der Waals surface area contributed by atoms with Crippen LogP contribution in [0.15, 0.2) is 53.4 Å². The quantitative estimate of drug-likeness (QED) is 0.788. The van der Waals surface area contributed by atoms with Gasteiger partial charge in [0.2, 0.25) is 10.0 Å². The molecule has 1 atom stereocenters. The minimum atomic E-state index is -3.62. The van der Waals surface area contributed by atoms with Crippen molar-refractivity contribution in [3.8, 4) is 11.5 Å². The highest BCUT2D eigenvalue weighted by atomic mass is 32.2. The molecule has 6 heteroatoms. The Hall–Kier alpha value is -2.05. The van der Waals surface area contributed by atoms with Crippen LogP contribution in [0.2, 0.25) is 0 Å². The Kier molecular flexibility index (Phi) is 5.30. The van der Waals surface area contributed by atoms with Gasteiger partial charge in [-0.05, 0) is 49.6 Å². The molecule has 2 aromatic rings. The lowest BCUT2D eigenvalue weighted by Gasteiger charge is -2.25. The summed E-state index contributed by atoms with van der Waals surface area (Å²) in [5.41, 5.74) is 0.986. The number of hydrogen-bond acceptors (Lipinski definition) is 4. The summed E-state index contributed by atoms with van der Waals surface area (Å²) in [6.07, 6.45) is 1.65. The average Bonchev–Trinajstić information content (AvgIpc) is 3.13. The van der Waals surface area contributed by atoms with Gasteiger partial charge in [0.05, 0.1) is 19.8 Å². The lowest BCUT2D eigenvalue weighted by Crippen LogP contribution is -2.31. The van der Waals surface area contributed by atoms with Gasteiger partial charge in [-0.25, -0.2) is 8.42 Å². The molecule has 1 aliphatic heterocycles. The molecule has 0 N–H and O–H groups in total. The van der Waals surface area contributed by atoms with Crippen LogP contribution in [0, 0.1) is 0 Å². The second-order valence-electron chi connectivity index (χ2n) is 5.93. The first-order valence-electron chi connectivity index (χ1n) is 8.45. The lowest BCUT2D eigenvalue weighted by molar-refractivity contribution is 0.339. The topological polar surface area (TPSA) is 55.8 Å². The zero-order chi connectivity index (χ0) is 17.9. The first-order valence-corrected chi connectivity index (χ1v) is 9.89. The summed E-state index contributed by atoms with van der Waals surface area (Å²) in [6.45, 7) is 3.06. The van der Waals surface area contributed by atoms with Crippen LogP contribution in [0.4, 0.5) is 0 Å². The van der Waals surface area contributed by atoms with E-state index < -0.39 is 10.0 Å². The summed E-state index contributed by atoms with van der Waals surface area (Å²) < 4.78 is 38.7. The third-order valence-electron chi connectivity index (χ3n) is 4.44. The maximum Gasteiger partial charge on any atom is 0.247 e. The summed E-state index contributed by atoms with van der Waals surface area (Å²) >= 11 is 0. The highest BCUT2D eigenvalue weighted by Crippen LogP contribution is 2.38. The normalized spacial score (nSPS) is 18.2. The Morgan fingerprint density at radius 2 is 1.84 bits per heavy atom. The third kappa shape index (κ3) is 3.50. The minimum absolute atomic E-state index is 0.161. The molecule has 0 saturated carbocycles. The zero-order valence-corrected chi connectivity index (χ0v) is 15.3. The van der Waals surface area contributed by atoms with Crippen LogP contribution in [-0.4, -0.2) is 33.0 Å². The molecule has 0 amide bonds. The average molecular weight is 361 g/mol. The molecule has 2 aromatic carbocycles. The van der Waals surface area contributed by atoms with E-state index in [2.05, 4.69) is 0 Å². The van der Waals surface area contributed by atoms with Crippen molar-refractivity contribution >= 4 is 10.0 Å². The Morgan fingerprint density at radius 3 is 2.52 bits per heavy atom. The second kappa shape index (κ2) is 7.45. The highest BCUT2D eigenvalue weighted by molar-refractivity contribution is 7.89. The maximum atomic E-state index is 13.2. The Bertz CT molecular complexity index is 818. The molecule has 0 bridgehead atoms. The number of benzene rings is 2. The van der Waals surface area contributed by atoms with Gasteiger partial charge < -0.3 is 9.47 Å². The summed E-state index contributed by atoms with van der Waals surface area (Å²) in [4.78, 5) is 0.218. The molecular weight excluding hydrogens is 338 g/mol. The molecule has 5 nitrogen and oxygen atoms in total. The molecule has 134 valence electrons. The van der Waals surface area contributed by atoms with E-state index in [0.717, 1.165) is 24.2 Å². The fraction of sp³-hybridized carbons (Fsp3) is 0.368. The van der Waals surface area contributed by atoms with Crippen molar-refractivity contribution in [3.05, 3.63) is 54.1 Å². The first-order chi connectivity index (χ1) is 12.1. The first kappa shape index (κ1) is 17.8. The third-order valence-corrected chi connectivity index (χ3v) is 6.38. The van der Waals surface area contributed by atoms with Crippen molar-refractivity contribution in [1.82, 2.24) is 4.31 Å². The molecule has 3 rings (SSSR count). The maximum absolute atomic E-state index is 13.2. The van der Waals surface area contributed by atoms with Crippen molar-refractivity contribution in [3.63, 3.8) is 0 Å². The second-order valence-corrected chi connectivity index (χ2v) is 7.79. The van der Waals surface area contributed by atoms with Crippen LogP contribution < -0.4 is 9.47 Å². The van der Waals surface area contributed by atoms with Crippen LogP contribution in [0.3, 0.4) is 0 Å². The predicted molar refractivity (Wildman–Crippen MR) is 96.5 cm³/mol. The number of para-hydroxylation sites is 1. The number of methoxy groups -OCH3 is 1. The number of sulfonamides is 1. The molecular formula is C19H23NO4S. The van der Waals surface area contributed by atoms with Crippen LogP contribution >= 0.6 is 0 Å². The summed E-state index contributed by atoms with van der Waals surface area (Å²) in [5, 5.41) is 0. The van der Waals surface area contributed by atoms with Crippen molar-refractivity contribution in [1.29, 1.82) is 0 Å². The van der Waals surface area contributed by atoms with Crippen LogP contribution in [0.5, 0.6) is 11.5 Å². The molecule has 0 radical (unpaired) electrons. The van der Waals surface area contributed by atoms with Crippen molar-refractivity contribution < 1.29 is 17.9 Å². The van der Waals surface area contributed by atoms with E-state index in [9.17, 15) is 8.42 Å². The van der Waals surface area contributed by atoms with Gasteiger partial charge >= 0.3 is 0 Å². The summed E-state index contributed by atoms with van der Waals surface area (Å²) in [5.74, 6) is 1.17. The molecule has 1 fully saturated rings. The minimum Gasteiger partial charge on any atom is -0.495 e. The molecule has 0 aromatic heterocycles. The van der Waals surface area contributed by atoms with Gasteiger partial charge in [-0.15, -0.1) is 0 Å². The summed E-state index contributed by atoms with van der Waals surface area (Å²) in [7, 11) is -2.13. The smallest absolute Gasteiger partial charge is 0.247 e. The molecule has 1 heterocycles. The monoisotopic (exact) mass is 361 g/mol. The largest absolute Gasteiger partial charge is 0.495 e. The standard InChI is InChI=1S/C19H23NO4S/c1-3-24-16-12-10-15(11-13-16)17-7-6-14-20(17)25(21,22)19-9-5-4-8-18(19)23-2/h4-5,8-13,17H,3,6-7,14H2,1-2H3. The number of ether oxygens (including phenoxy) is 2. The Balaban J connectivity index is 1.92. The van der Waals surface area contributed by atoms with Gasteiger partial charge in [-0.3, -0.25) is 0 Å². The van der Waals surface area contributed by atoms with E-state index in [-0.39, 0.29) is 10.9 Å². The molecule has 1 saturated heterocycles. The van der Waals surface area contributed by atoms with Gasteiger partial charge in [-0.2, -0.15) is 4.31 Å². The number of rotatable bonds is 6. The van der Waals surface area contributed by atoms with Crippen molar-refractivity contribution in [2.24, 2.45) is 0 Å². The van der Waals surface area contributed by atoms with Gasteiger partial charge in [0.25, 0.3) is 0 Å². The van der Waals surface area contributed by atoms with Gasteiger partial charge in [-0.1, -0.05) is 24.3 Å². The molecule has 0 aliphatic carbocycles. The van der Waals surface area contributed by atoms with Crippen LogP contribution in [-0.2, 0) is 10.0 Å². The fourth-order valence-corrected chi connectivity index (χ4v) is 5.11. The van der Waals surface area contributed by atoms with E-state index in [1.807, 2.05) is 31.2 Å². The van der Waals surface area contributed by atoms with E-state index in [0.29, 0.717) is 18.9 Å². The molecule has 1 aliphatic rings. The Labute approximate surface area is 149 Å². The van der Waals surface area contributed by atoms with E-state index in [4.69, 9.17) is 9.47 Å². The lowest BCUT2D eigenvalue weighted by atomic mass is 10.1. The Morgan fingerprint density at radius 1 is 1.12 bits per heavy atom. The van der Waals surface area contributed by atoms with Crippen molar-refractivity contribution in [2.75, 3.05) is 20.3 Å². The molecule has 25 heavy (non-hydrogen) atoms. The van der Waals surface area contributed by atoms with Gasteiger partial charge in [0.15, 0.2) is 0 Å².